The highest BCUT2D eigenvalue weighted by molar-refractivity contribution is 6.19. The van der Waals surface area contributed by atoms with Gasteiger partial charge in [-0.2, -0.15) is 0 Å². The molecule has 0 N–H and O–H groups in total. The van der Waals surface area contributed by atoms with Gasteiger partial charge in [0.25, 0.3) is 0 Å². The van der Waals surface area contributed by atoms with E-state index in [-0.39, 0.29) is 0 Å². The van der Waals surface area contributed by atoms with Gasteiger partial charge in [0.1, 0.15) is 0 Å². The van der Waals surface area contributed by atoms with Crippen molar-refractivity contribution in [1.29, 1.82) is 0 Å². The van der Waals surface area contributed by atoms with Gasteiger partial charge >= 0.3 is 0 Å². The first kappa shape index (κ1) is 25.4. The van der Waals surface area contributed by atoms with E-state index in [4.69, 9.17) is 0 Å². The molecule has 1 nitrogen and oxygen atoms in total. The lowest BCUT2D eigenvalue weighted by atomic mass is 9.82. The fraction of sp³-hybridized carbons (Fsp3) is 0.0714. The fourth-order valence-electron chi connectivity index (χ4n) is 7.24. The summed E-state index contributed by atoms with van der Waals surface area (Å²) in [4.78, 5) is 4.68. The lowest BCUT2D eigenvalue weighted by Gasteiger charge is -2.23. The Balaban J connectivity index is 1.22. The number of hydrogen-bond acceptors (Lipinski definition) is 1. The highest BCUT2D eigenvalue weighted by Gasteiger charge is 2.25. The molecule has 8 rings (SSSR count). The van der Waals surface area contributed by atoms with Gasteiger partial charge in [-0.15, -0.1) is 0 Å². The van der Waals surface area contributed by atoms with Crippen LogP contribution in [0.15, 0.2) is 128 Å². The fourth-order valence-corrected chi connectivity index (χ4v) is 7.24. The van der Waals surface area contributed by atoms with Crippen molar-refractivity contribution in [2.75, 3.05) is 0 Å². The van der Waals surface area contributed by atoms with Crippen LogP contribution in [0.5, 0.6) is 0 Å². The molecule has 2 aliphatic rings. The predicted molar refractivity (Wildman–Crippen MR) is 184 cm³/mol. The summed E-state index contributed by atoms with van der Waals surface area (Å²) in [6, 6.07) is 37.6. The van der Waals surface area contributed by atoms with Crippen LogP contribution in [0.25, 0.3) is 73.0 Å². The molecule has 1 aromatic heterocycles. The molecule has 0 fully saturated rings. The first-order valence-electron chi connectivity index (χ1n) is 15.1. The van der Waals surface area contributed by atoms with Crippen molar-refractivity contribution >= 4 is 28.5 Å². The lowest BCUT2D eigenvalue weighted by molar-refractivity contribution is 1.10. The smallest absolute Gasteiger partial charge is 0.0525 e. The molecular formula is C42H31N. The number of allylic oxidation sites excluding steroid dienone is 3. The summed E-state index contributed by atoms with van der Waals surface area (Å²) in [5.41, 5.74) is 17.9. The second-order valence-electron chi connectivity index (χ2n) is 11.4. The minimum absolute atomic E-state index is 0.837. The Labute approximate surface area is 253 Å². The van der Waals surface area contributed by atoms with Crippen molar-refractivity contribution in [2.24, 2.45) is 0 Å². The SMILES string of the molecule is C=Cc1c(-c2ccccc2C/C=C/c2cccc3c2/C(=C\C)Cc2ncccc2-3)cc2c3c(cccc13)-c1ccccc1-2. The number of rotatable bonds is 5. The van der Waals surface area contributed by atoms with Crippen molar-refractivity contribution in [1.82, 2.24) is 4.98 Å². The van der Waals surface area contributed by atoms with E-state index in [2.05, 4.69) is 134 Å². The zero-order valence-electron chi connectivity index (χ0n) is 24.3. The van der Waals surface area contributed by atoms with E-state index in [1.165, 1.54) is 83.1 Å². The van der Waals surface area contributed by atoms with Crippen LogP contribution in [0.1, 0.15) is 34.9 Å². The lowest BCUT2D eigenvalue weighted by Crippen LogP contribution is -2.06. The molecule has 1 heteroatoms. The van der Waals surface area contributed by atoms with Crippen molar-refractivity contribution in [3.8, 4) is 44.5 Å². The monoisotopic (exact) mass is 549 g/mol. The van der Waals surface area contributed by atoms with E-state index in [1.54, 1.807) is 0 Å². The summed E-state index contributed by atoms with van der Waals surface area (Å²) in [5.74, 6) is 0. The van der Waals surface area contributed by atoms with E-state index < -0.39 is 0 Å². The number of aromatic nitrogens is 1. The molecule has 0 amide bonds. The molecule has 0 atom stereocenters. The normalized spacial score (nSPS) is 13.7. The molecule has 0 saturated heterocycles. The standard InChI is InChI=1S/C42H31N/c1-3-27-25-40-34(23-12-24-43-40)37-20-10-16-29(41(27)37)15-9-14-28-13-5-6-17-31(28)38-26-39-33-19-8-7-18-32(33)36-22-11-21-35(42(36)39)30(38)4-2/h3-13,15-24,26H,2,14,25H2,1H3/b15-9+,27-3-. The van der Waals surface area contributed by atoms with Crippen molar-refractivity contribution in [3.05, 3.63) is 156 Å². The third kappa shape index (κ3) is 3.96. The van der Waals surface area contributed by atoms with Crippen LogP contribution in [0.4, 0.5) is 0 Å². The largest absolute Gasteiger partial charge is 0.260 e. The summed E-state index contributed by atoms with van der Waals surface area (Å²) >= 11 is 0. The maximum absolute atomic E-state index is 4.68. The maximum atomic E-state index is 4.68. The molecule has 5 aromatic carbocycles. The zero-order valence-corrected chi connectivity index (χ0v) is 24.3. The molecular weight excluding hydrogens is 518 g/mol. The van der Waals surface area contributed by atoms with Crippen molar-refractivity contribution in [2.45, 2.75) is 19.8 Å². The van der Waals surface area contributed by atoms with E-state index >= 15 is 0 Å². The van der Waals surface area contributed by atoms with Crippen LogP contribution in [0, 0.1) is 0 Å². The summed E-state index contributed by atoms with van der Waals surface area (Å²) < 4.78 is 0. The minimum atomic E-state index is 0.837. The molecule has 0 spiro atoms. The van der Waals surface area contributed by atoms with Crippen molar-refractivity contribution < 1.29 is 0 Å². The second kappa shape index (κ2) is 10.2. The first-order valence-corrected chi connectivity index (χ1v) is 15.1. The van der Waals surface area contributed by atoms with Gasteiger partial charge in [-0.1, -0.05) is 122 Å². The first-order chi connectivity index (χ1) is 21.3. The quantitative estimate of drug-likeness (QED) is 0.208. The maximum Gasteiger partial charge on any atom is 0.0525 e. The Hall–Kier alpha value is -5.27. The molecule has 1 heterocycles. The Morgan fingerprint density at radius 2 is 1.42 bits per heavy atom. The number of fused-ring (bicyclic) bond motifs is 6. The highest BCUT2D eigenvalue weighted by atomic mass is 14.7. The molecule has 0 radical (unpaired) electrons. The van der Waals surface area contributed by atoms with Crippen LogP contribution >= 0.6 is 0 Å². The summed E-state index contributed by atoms with van der Waals surface area (Å²) in [5, 5.41) is 2.61. The van der Waals surface area contributed by atoms with E-state index in [0.717, 1.165) is 18.5 Å². The minimum Gasteiger partial charge on any atom is -0.260 e. The molecule has 0 unspecified atom stereocenters. The van der Waals surface area contributed by atoms with Crippen LogP contribution < -0.4 is 0 Å². The van der Waals surface area contributed by atoms with E-state index in [9.17, 15) is 0 Å². The molecule has 0 aliphatic heterocycles. The Kier molecular flexibility index (Phi) is 6.05. The Morgan fingerprint density at radius 3 is 2.26 bits per heavy atom. The average molecular weight is 550 g/mol. The summed E-state index contributed by atoms with van der Waals surface area (Å²) in [7, 11) is 0. The van der Waals surface area contributed by atoms with Crippen molar-refractivity contribution in [3.63, 3.8) is 0 Å². The molecule has 2 aliphatic carbocycles. The molecule has 204 valence electrons. The van der Waals surface area contributed by atoms with Crippen LogP contribution in [-0.4, -0.2) is 4.98 Å². The highest BCUT2D eigenvalue weighted by Crippen LogP contribution is 2.50. The number of benzene rings is 5. The third-order valence-corrected chi connectivity index (χ3v) is 9.16. The topological polar surface area (TPSA) is 12.9 Å². The number of pyridine rings is 1. The van der Waals surface area contributed by atoms with Gasteiger partial charge in [0.05, 0.1) is 5.69 Å². The van der Waals surface area contributed by atoms with Crippen LogP contribution in [0.2, 0.25) is 0 Å². The average Bonchev–Trinajstić information content (AvgIpc) is 3.39. The van der Waals surface area contributed by atoms with Gasteiger partial charge in [0, 0.05) is 18.2 Å². The van der Waals surface area contributed by atoms with Crippen LogP contribution in [0.3, 0.4) is 0 Å². The van der Waals surface area contributed by atoms with Crippen LogP contribution in [-0.2, 0) is 12.8 Å². The molecule has 0 saturated carbocycles. The zero-order chi connectivity index (χ0) is 28.9. The van der Waals surface area contributed by atoms with E-state index in [1.807, 2.05) is 18.3 Å². The van der Waals surface area contributed by atoms with Gasteiger partial charge < -0.3 is 0 Å². The molecule has 6 aromatic rings. The van der Waals surface area contributed by atoms with E-state index in [0.29, 0.717) is 0 Å². The number of hydrogen-bond donors (Lipinski definition) is 0. The number of nitrogens with zero attached hydrogens (tertiary/aromatic N) is 1. The third-order valence-electron chi connectivity index (χ3n) is 9.16. The van der Waals surface area contributed by atoms with Gasteiger partial charge in [-0.3, -0.25) is 4.98 Å². The molecule has 0 bridgehead atoms. The molecule has 43 heavy (non-hydrogen) atoms. The van der Waals surface area contributed by atoms with Gasteiger partial charge in [-0.05, 0) is 103 Å². The van der Waals surface area contributed by atoms with Gasteiger partial charge in [-0.25, -0.2) is 0 Å². The summed E-state index contributed by atoms with van der Waals surface area (Å²) in [6.07, 6.45) is 12.5. The second-order valence-corrected chi connectivity index (χ2v) is 11.4. The Morgan fingerprint density at radius 1 is 0.698 bits per heavy atom. The van der Waals surface area contributed by atoms with Gasteiger partial charge in [0.2, 0.25) is 0 Å². The van der Waals surface area contributed by atoms with Gasteiger partial charge in [0.15, 0.2) is 0 Å². The Bertz CT molecular complexity index is 2160. The predicted octanol–water partition coefficient (Wildman–Crippen LogP) is 11.1. The summed E-state index contributed by atoms with van der Waals surface area (Å²) in [6.45, 7) is 6.41.